The highest BCUT2D eigenvalue weighted by Gasteiger charge is 2.10. The standard InChI is InChI=1S/C14H17N3O/c1-3-12-10(8-15)9-16-14(17-12)11-6-4-5-7-13(11)18-2/h4-7,9H,3,8,15H2,1-2H3. The number of nitrogens with zero attached hydrogens (tertiary/aromatic N) is 2. The number of hydrogen-bond donors (Lipinski definition) is 1. The largest absolute Gasteiger partial charge is 0.496 e. The highest BCUT2D eigenvalue weighted by Crippen LogP contribution is 2.27. The Morgan fingerprint density at radius 1 is 1.28 bits per heavy atom. The van der Waals surface area contributed by atoms with Gasteiger partial charge >= 0.3 is 0 Å². The summed E-state index contributed by atoms with van der Waals surface area (Å²) in [6.45, 7) is 2.53. The van der Waals surface area contributed by atoms with Crippen molar-refractivity contribution >= 4 is 0 Å². The van der Waals surface area contributed by atoms with Crippen LogP contribution in [0.4, 0.5) is 0 Å². The molecule has 2 N–H and O–H groups in total. The first-order valence-corrected chi connectivity index (χ1v) is 5.98. The van der Waals surface area contributed by atoms with Crippen molar-refractivity contribution in [3.8, 4) is 17.1 Å². The van der Waals surface area contributed by atoms with Crippen LogP contribution in [0, 0.1) is 0 Å². The number of aryl methyl sites for hydroxylation is 1. The molecule has 0 aliphatic heterocycles. The molecule has 0 saturated heterocycles. The van der Waals surface area contributed by atoms with Gasteiger partial charge in [-0.3, -0.25) is 0 Å². The van der Waals surface area contributed by atoms with Crippen LogP contribution in [0.5, 0.6) is 5.75 Å². The van der Waals surface area contributed by atoms with Crippen LogP contribution in [-0.2, 0) is 13.0 Å². The number of nitrogens with two attached hydrogens (primary N) is 1. The molecule has 4 nitrogen and oxygen atoms in total. The van der Waals surface area contributed by atoms with Crippen LogP contribution < -0.4 is 10.5 Å². The zero-order valence-corrected chi connectivity index (χ0v) is 10.7. The topological polar surface area (TPSA) is 61.0 Å². The minimum Gasteiger partial charge on any atom is -0.496 e. The number of rotatable bonds is 4. The third-order valence-corrected chi connectivity index (χ3v) is 2.86. The van der Waals surface area contributed by atoms with E-state index in [1.54, 1.807) is 13.3 Å². The lowest BCUT2D eigenvalue weighted by atomic mass is 10.1. The average molecular weight is 243 g/mol. The third kappa shape index (κ3) is 2.33. The van der Waals surface area contributed by atoms with E-state index in [0.717, 1.165) is 29.0 Å². The zero-order valence-electron chi connectivity index (χ0n) is 10.7. The maximum atomic E-state index is 5.67. The molecule has 0 radical (unpaired) electrons. The summed E-state index contributed by atoms with van der Waals surface area (Å²) < 4.78 is 5.33. The molecule has 0 unspecified atom stereocenters. The Morgan fingerprint density at radius 3 is 2.72 bits per heavy atom. The van der Waals surface area contributed by atoms with E-state index in [1.165, 1.54) is 0 Å². The molecular formula is C14H17N3O. The molecule has 0 aliphatic rings. The van der Waals surface area contributed by atoms with Crippen molar-refractivity contribution < 1.29 is 4.74 Å². The van der Waals surface area contributed by atoms with Gasteiger partial charge in [0.25, 0.3) is 0 Å². The fraction of sp³-hybridized carbons (Fsp3) is 0.286. The zero-order chi connectivity index (χ0) is 13.0. The van der Waals surface area contributed by atoms with Crippen LogP contribution in [0.15, 0.2) is 30.5 Å². The Bertz CT molecular complexity index is 540. The Hall–Kier alpha value is -1.94. The molecule has 0 spiro atoms. The molecule has 18 heavy (non-hydrogen) atoms. The van der Waals surface area contributed by atoms with E-state index in [1.807, 2.05) is 24.3 Å². The number of hydrogen-bond acceptors (Lipinski definition) is 4. The third-order valence-electron chi connectivity index (χ3n) is 2.86. The maximum Gasteiger partial charge on any atom is 0.163 e. The van der Waals surface area contributed by atoms with E-state index in [9.17, 15) is 0 Å². The van der Waals surface area contributed by atoms with Crippen LogP contribution in [0.25, 0.3) is 11.4 Å². The predicted octanol–water partition coefficient (Wildman–Crippen LogP) is 2.17. The summed E-state index contributed by atoms with van der Waals surface area (Å²) in [6, 6.07) is 7.73. The van der Waals surface area contributed by atoms with Crippen LogP contribution >= 0.6 is 0 Å². The lowest BCUT2D eigenvalue weighted by Crippen LogP contribution is -2.06. The monoisotopic (exact) mass is 243 g/mol. The van der Waals surface area contributed by atoms with E-state index in [-0.39, 0.29) is 0 Å². The SMILES string of the molecule is CCc1nc(-c2ccccc2OC)ncc1CN. The molecule has 4 heteroatoms. The highest BCUT2D eigenvalue weighted by molar-refractivity contribution is 5.64. The molecule has 1 aromatic heterocycles. The molecule has 1 heterocycles. The highest BCUT2D eigenvalue weighted by atomic mass is 16.5. The normalized spacial score (nSPS) is 10.4. The van der Waals surface area contributed by atoms with Gasteiger partial charge in [0.05, 0.1) is 12.7 Å². The quantitative estimate of drug-likeness (QED) is 0.894. The van der Waals surface area contributed by atoms with Gasteiger partial charge in [-0.25, -0.2) is 9.97 Å². The van der Waals surface area contributed by atoms with E-state index >= 15 is 0 Å². The summed E-state index contributed by atoms with van der Waals surface area (Å²) in [5.74, 6) is 1.46. The lowest BCUT2D eigenvalue weighted by Gasteiger charge is -2.09. The summed E-state index contributed by atoms with van der Waals surface area (Å²) in [6.07, 6.45) is 2.64. The van der Waals surface area contributed by atoms with Crippen molar-refractivity contribution in [1.29, 1.82) is 0 Å². The second kappa shape index (κ2) is 5.60. The van der Waals surface area contributed by atoms with Crippen molar-refractivity contribution in [3.63, 3.8) is 0 Å². The number of para-hydroxylation sites is 1. The first kappa shape index (κ1) is 12.5. The minimum atomic E-state index is 0.468. The minimum absolute atomic E-state index is 0.468. The van der Waals surface area contributed by atoms with E-state index in [0.29, 0.717) is 12.4 Å². The Balaban J connectivity index is 2.51. The van der Waals surface area contributed by atoms with Crippen molar-refractivity contribution in [2.24, 2.45) is 5.73 Å². The summed E-state index contributed by atoms with van der Waals surface area (Å²) in [4.78, 5) is 8.94. The van der Waals surface area contributed by atoms with Crippen LogP contribution in [-0.4, -0.2) is 17.1 Å². The lowest BCUT2D eigenvalue weighted by molar-refractivity contribution is 0.416. The molecule has 2 rings (SSSR count). The smallest absolute Gasteiger partial charge is 0.163 e. The second-order valence-corrected chi connectivity index (χ2v) is 3.92. The van der Waals surface area contributed by atoms with Crippen molar-refractivity contribution in [3.05, 3.63) is 41.7 Å². The number of benzene rings is 1. The van der Waals surface area contributed by atoms with Gasteiger partial charge < -0.3 is 10.5 Å². The van der Waals surface area contributed by atoms with E-state index in [4.69, 9.17) is 10.5 Å². The van der Waals surface area contributed by atoms with Gasteiger partial charge in [0.1, 0.15) is 5.75 Å². The molecule has 1 aromatic carbocycles. The average Bonchev–Trinajstić information content (AvgIpc) is 2.46. The van der Waals surface area contributed by atoms with Gasteiger partial charge in [-0.05, 0) is 18.6 Å². The van der Waals surface area contributed by atoms with Gasteiger partial charge in [-0.1, -0.05) is 19.1 Å². The van der Waals surface area contributed by atoms with E-state index in [2.05, 4.69) is 16.9 Å². The van der Waals surface area contributed by atoms with Crippen LogP contribution in [0.1, 0.15) is 18.2 Å². The van der Waals surface area contributed by atoms with Crippen LogP contribution in [0.2, 0.25) is 0 Å². The predicted molar refractivity (Wildman–Crippen MR) is 71.3 cm³/mol. The maximum absolute atomic E-state index is 5.67. The summed E-state index contributed by atoms with van der Waals surface area (Å²) in [7, 11) is 1.65. The van der Waals surface area contributed by atoms with Gasteiger partial charge in [-0.2, -0.15) is 0 Å². The first-order chi connectivity index (χ1) is 8.80. The molecule has 0 bridgehead atoms. The first-order valence-electron chi connectivity index (χ1n) is 5.98. The molecular weight excluding hydrogens is 226 g/mol. The Morgan fingerprint density at radius 2 is 2.06 bits per heavy atom. The van der Waals surface area contributed by atoms with Crippen molar-refractivity contribution in [2.75, 3.05) is 7.11 Å². The Labute approximate surface area is 107 Å². The molecule has 0 fully saturated rings. The number of methoxy groups -OCH3 is 1. The fourth-order valence-corrected chi connectivity index (χ4v) is 1.88. The molecule has 0 atom stereocenters. The number of ether oxygens (including phenoxy) is 1. The van der Waals surface area contributed by atoms with Crippen molar-refractivity contribution in [2.45, 2.75) is 19.9 Å². The molecule has 2 aromatic rings. The van der Waals surface area contributed by atoms with E-state index < -0.39 is 0 Å². The van der Waals surface area contributed by atoms with Gasteiger partial charge in [0.2, 0.25) is 0 Å². The van der Waals surface area contributed by atoms with Gasteiger partial charge in [0.15, 0.2) is 5.82 Å². The summed E-state index contributed by atoms with van der Waals surface area (Å²) >= 11 is 0. The molecule has 0 aliphatic carbocycles. The van der Waals surface area contributed by atoms with Crippen molar-refractivity contribution in [1.82, 2.24) is 9.97 Å². The molecule has 0 amide bonds. The number of aromatic nitrogens is 2. The summed E-state index contributed by atoms with van der Waals surface area (Å²) in [5.41, 5.74) is 8.56. The van der Waals surface area contributed by atoms with Gasteiger partial charge in [-0.15, -0.1) is 0 Å². The fourth-order valence-electron chi connectivity index (χ4n) is 1.88. The van der Waals surface area contributed by atoms with Crippen LogP contribution in [0.3, 0.4) is 0 Å². The van der Waals surface area contributed by atoms with Gasteiger partial charge in [0, 0.05) is 24.0 Å². The molecule has 94 valence electrons. The summed E-state index contributed by atoms with van der Waals surface area (Å²) in [5, 5.41) is 0. The molecule has 0 saturated carbocycles. The Kier molecular flexibility index (Phi) is 3.89. The second-order valence-electron chi connectivity index (χ2n) is 3.92.